The van der Waals surface area contributed by atoms with E-state index in [0.29, 0.717) is 5.75 Å². The zero-order chi connectivity index (χ0) is 12.7. The van der Waals surface area contributed by atoms with E-state index in [-0.39, 0.29) is 10.8 Å². The van der Waals surface area contributed by atoms with Crippen molar-refractivity contribution >= 4 is 22.6 Å². The van der Waals surface area contributed by atoms with Gasteiger partial charge in [-0.15, -0.1) is 0 Å². The number of phenolic OH excluding ortho intramolecular Hbond substituents is 1. The molecular formula is C14H21IO. The minimum Gasteiger partial charge on any atom is -0.507 e. The van der Waals surface area contributed by atoms with Gasteiger partial charge in [-0.25, -0.2) is 0 Å². The second-order valence-electron chi connectivity index (χ2n) is 6.36. The van der Waals surface area contributed by atoms with E-state index >= 15 is 0 Å². The van der Waals surface area contributed by atoms with Gasteiger partial charge in [0.05, 0.1) is 3.57 Å². The monoisotopic (exact) mass is 332 g/mol. The molecule has 16 heavy (non-hydrogen) atoms. The standard InChI is InChI=1S/C14H21IO/c1-13(2,3)9-7-10(14(4,5)6)12(15)11(16)8-9/h7-8,16H,1-6H3. The Morgan fingerprint density at radius 1 is 0.938 bits per heavy atom. The van der Waals surface area contributed by atoms with Gasteiger partial charge < -0.3 is 5.11 Å². The Labute approximate surface area is 112 Å². The topological polar surface area (TPSA) is 20.2 Å². The van der Waals surface area contributed by atoms with Crippen LogP contribution in [0.25, 0.3) is 0 Å². The molecule has 90 valence electrons. The first-order valence-electron chi connectivity index (χ1n) is 5.57. The molecule has 0 heterocycles. The third-order valence-electron chi connectivity index (χ3n) is 2.73. The van der Waals surface area contributed by atoms with E-state index in [0.717, 1.165) is 3.57 Å². The molecule has 0 fully saturated rings. The Hall–Kier alpha value is -0.250. The van der Waals surface area contributed by atoms with Gasteiger partial charge in [0.1, 0.15) is 5.75 Å². The highest BCUT2D eigenvalue weighted by atomic mass is 127. The number of hydrogen-bond acceptors (Lipinski definition) is 1. The Kier molecular flexibility index (Phi) is 3.63. The van der Waals surface area contributed by atoms with E-state index in [1.165, 1.54) is 11.1 Å². The van der Waals surface area contributed by atoms with Crippen LogP contribution < -0.4 is 0 Å². The SMILES string of the molecule is CC(C)(C)c1cc(O)c(I)c(C(C)(C)C)c1. The van der Waals surface area contributed by atoms with Crippen molar-refractivity contribution in [3.63, 3.8) is 0 Å². The van der Waals surface area contributed by atoms with Gasteiger partial charge in [-0.05, 0) is 50.6 Å². The van der Waals surface area contributed by atoms with Gasteiger partial charge in [0.2, 0.25) is 0 Å². The molecule has 1 aromatic carbocycles. The minimum atomic E-state index is 0.0647. The first kappa shape index (κ1) is 13.8. The lowest BCUT2D eigenvalue weighted by Crippen LogP contribution is -2.17. The summed E-state index contributed by atoms with van der Waals surface area (Å²) in [6.07, 6.45) is 0. The van der Waals surface area contributed by atoms with Crippen LogP contribution >= 0.6 is 22.6 Å². The molecule has 0 aromatic heterocycles. The molecule has 0 spiro atoms. The van der Waals surface area contributed by atoms with Crippen molar-refractivity contribution < 1.29 is 5.11 Å². The summed E-state index contributed by atoms with van der Waals surface area (Å²) in [7, 11) is 0. The second-order valence-corrected chi connectivity index (χ2v) is 7.44. The first-order chi connectivity index (χ1) is 7.03. The van der Waals surface area contributed by atoms with Gasteiger partial charge in [0.25, 0.3) is 0 Å². The fraction of sp³-hybridized carbons (Fsp3) is 0.571. The highest BCUT2D eigenvalue weighted by Gasteiger charge is 2.23. The van der Waals surface area contributed by atoms with Gasteiger partial charge in [0.15, 0.2) is 0 Å². The first-order valence-corrected chi connectivity index (χ1v) is 6.65. The quantitative estimate of drug-likeness (QED) is 0.689. The van der Waals surface area contributed by atoms with Crippen molar-refractivity contribution in [2.45, 2.75) is 52.4 Å². The van der Waals surface area contributed by atoms with Gasteiger partial charge in [0, 0.05) is 0 Å². The van der Waals surface area contributed by atoms with E-state index in [1.807, 2.05) is 6.07 Å². The largest absolute Gasteiger partial charge is 0.507 e. The molecule has 0 amide bonds. The summed E-state index contributed by atoms with van der Waals surface area (Å²) in [5, 5.41) is 10.0. The van der Waals surface area contributed by atoms with Crippen molar-refractivity contribution in [1.29, 1.82) is 0 Å². The van der Waals surface area contributed by atoms with Crippen molar-refractivity contribution in [1.82, 2.24) is 0 Å². The summed E-state index contributed by atoms with van der Waals surface area (Å²) >= 11 is 2.22. The lowest BCUT2D eigenvalue weighted by molar-refractivity contribution is 0.461. The summed E-state index contributed by atoms with van der Waals surface area (Å²) in [5.41, 5.74) is 2.55. The number of aromatic hydroxyl groups is 1. The third kappa shape index (κ3) is 2.90. The van der Waals surface area contributed by atoms with Crippen molar-refractivity contribution in [3.05, 3.63) is 26.8 Å². The molecule has 0 atom stereocenters. The molecular weight excluding hydrogens is 311 g/mol. The molecule has 0 aliphatic rings. The second kappa shape index (κ2) is 4.21. The maximum atomic E-state index is 10.0. The zero-order valence-electron chi connectivity index (χ0n) is 11.0. The Balaban J connectivity index is 3.46. The summed E-state index contributed by atoms with van der Waals surface area (Å²) in [6.45, 7) is 13.0. The van der Waals surface area contributed by atoms with Crippen LogP contribution in [0.4, 0.5) is 0 Å². The van der Waals surface area contributed by atoms with Crippen molar-refractivity contribution in [2.24, 2.45) is 0 Å². The third-order valence-corrected chi connectivity index (χ3v) is 3.86. The van der Waals surface area contributed by atoms with Gasteiger partial charge in [-0.1, -0.05) is 47.6 Å². The number of rotatable bonds is 0. The Morgan fingerprint density at radius 2 is 1.44 bits per heavy atom. The van der Waals surface area contributed by atoms with Gasteiger partial charge in [-0.3, -0.25) is 0 Å². The average Bonchev–Trinajstić information content (AvgIpc) is 2.05. The zero-order valence-corrected chi connectivity index (χ0v) is 13.1. The van der Waals surface area contributed by atoms with E-state index in [9.17, 15) is 5.11 Å². The predicted octanol–water partition coefficient (Wildman–Crippen LogP) is 4.59. The maximum absolute atomic E-state index is 10.0. The molecule has 1 rings (SSSR count). The molecule has 0 unspecified atom stereocenters. The Bertz CT molecular complexity index is 394. The summed E-state index contributed by atoms with van der Waals surface area (Å²) < 4.78 is 0.970. The molecule has 0 aliphatic heterocycles. The van der Waals surface area contributed by atoms with Crippen LogP contribution in [0.5, 0.6) is 5.75 Å². The number of halogens is 1. The average molecular weight is 332 g/mol. The number of benzene rings is 1. The van der Waals surface area contributed by atoms with E-state index in [1.54, 1.807) is 0 Å². The molecule has 1 nitrogen and oxygen atoms in total. The predicted molar refractivity (Wildman–Crippen MR) is 78.2 cm³/mol. The van der Waals surface area contributed by atoms with Crippen LogP contribution in [0.3, 0.4) is 0 Å². The molecule has 0 aliphatic carbocycles. The fourth-order valence-corrected chi connectivity index (χ4v) is 2.71. The lowest BCUT2D eigenvalue weighted by Gasteiger charge is -2.26. The van der Waals surface area contributed by atoms with Crippen LogP contribution in [-0.4, -0.2) is 5.11 Å². The summed E-state index contributed by atoms with van der Waals surface area (Å²) in [5.74, 6) is 0.401. The van der Waals surface area contributed by atoms with E-state index in [2.05, 4.69) is 70.2 Å². The smallest absolute Gasteiger partial charge is 0.129 e. The van der Waals surface area contributed by atoms with Crippen LogP contribution in [0.2, 0.25) is 0 Å². The summed E-state index contributed by atoms with van der Waals surface area (Å²) in [4.78, 5) is 0. The van der Waals surface area contributed by atoms with Gasteiger partial charge in [-0.2, -0.15) is 0 Å². The maximum Gasteiger partial charge on any atom is 0.129 e. The molecule has 0 bridgehead atoms. The van der Waals surface area contributed by atoms with E-state index in [4.69, 9.17) is 0 Å². The van der Waals surface area contributed by atoms with E-state index < -0.39 is 0 Å². The molecule has 0 saturated carbocycles. The van der Waals surface area contributed by atoms with Crippen LogP contribution in [-0.2, 0) is 10.8 Å². The fourth-order valence-electron chi connectivity index (χ4n) is 1.59. The van der Waals surface area contributed by atoms with Gasteiger partial charge >= 0.3 is 0 Å². The minimum absolute atomic E-state index is 0.0647. The van der Waals surface area contributed by atoms with Crippen LogP contribution in [0.15, 0.2) is 12.1 Å². The summed E-state index contributed by atoms with van der Waals surface area (Å²) in [6, 6.07) is 4.11. The number of phenols is 1. The highest BCUT2D eigenvalue weighted by Crippen LogP contribution is 2.36. The molecule has 2 heteroatoms. The lowest BCUT2D eigenvalue weighted by atomic mass is 9.80. The number of hydrogen-bond donors (Lipinski definition) is 1. The van der Waals surface area contributed by atoms with Crippen LogP contribution in [0, 0.1) is 3.57 Å². The van der Waals surface area contributed by atoms with Crippen molar-refractivity contribution in [3.8, 4) is 5.75 Å². The molecule has 0 saturated heterocycles. The normalized spacial score (nSPS) is 12.9. The highest BCUT2D eigenvalue weighted by molar-refractivity contribution is 14.1. The Morgan fingerprint density at radius 3 is 1.81 bits per heavy atom. The van der Waals surface area contributed by atoms with Crippen molar-refractivity contribution in [2.75, 3.05) is 0 Å². The van der Waals surface area contributed by atoms with Crippen LogP contribution in [0.1, 0.15) is 52.7 Å². The molecule has 1 N–H and O–H groups in total. The molecule has 0 radical (unpaired) electrons. The molecule has 1 aromatic rings.